The molecule has 19 heavy (non-hydrogen) atoms. The van der Waals surface area contributed by atoms with E-state index in [1.54, 1.807) is 35.6 Å². The molecule has 0 aliphatic carbocycles. The number of anilines is 1. The van der Waals surface area contributed by atoms with E-state index in [-0.39, 0.29) is 5.75 Å². The fourth-order valence-electron chi connectivity index (χ4n) is 1.71. The third kappa shape index (κ3) is 4.34. The maximum Gasteiger partial charge on any atom is 0.215 e. The molecule has 0 bridgehead atoms. The van der Waals surface area contributed by atoms with Crippen molar-refractivity contribution in [1.29, 1.82) is 0 Å². The van der Waals surface area contributed by atoms with Gasteiger partial charge in [0.15, 0.2) is 0 Å². The first-order valence-corrected chi connectivity index (χ1v) is 8.48. The molecule has 0 aliphatic rings. The van der Waals surface area contributed by atoms with Gasteiger partial charge in [0, 0.05) is 12.2 Å². The van der Waals surface area contributed by atoms with E-state index in [1.165, 1.54) is 0 Å². The average Bonchev–Trinajstić information content (AvgIpc) is 2.85. The minimum absolute atomic E-state index is 0.0800. The van der Waals surface area contributed by atoms with Crippen LogP contribution in [0.1, 0.15) is 11.1 Å². The summed E-state index contributed by atoms with van der Waals surface area (Å²) in [7, 11) is -3.34. The highest BCUT2D eigenvalue weighted by Crippen LogP contribution is 2.13. The Hall–Kier alpha value is -1.37. The predicted molar refractivity (Wildman–Crippen MR) is 79.5 cm³/mol. The lowest BCUT2D eigenvalue weighted by Crippen LogP contribution is -2.27. The van der Waals surface area contributed by atoms with Crippen LogP contribution >= 0.6 is 11.3 Å². The van der Waals surface area contributed by atoms with Gasteiger partial charge in [-0.1, -0.05) is 18.2 Å². The summed E-state index contributed by atoms with van der Waals surface area (Å²) in [6, 6.07) is 9.00. The summed E-state index contributed by atoms with van der Waals surface area (Å²) >= 11 is 1.61. The average molecular weight is 296 g/mol. The van der Waals surface area contributed by atoms with Crippen molar-refractivity contribution in [3.8, 4) is 0 Å². The molecule has 4 nitrogen and oxygen atoms in total. The van der Waals surface area contributed by atoms with Gasteiger partial charge < -0.3 is 5.73 Å². The number of hydrogen-bond acceptors (Lipinski definition) is 4. The molecule has 0 spiro atoms. The molecular formula is C13H16N2O2S2. The molecule has 0 unspecified atom stereocenters. The zero-order chi connectivity index (χ0) is 13.7. The smallest absolute Gasteiger partial charge is 0.215 e. The lowest BCUT2D eigenvalue weighted by Gasteiger charge is -2.08. The highest BCUT2D eigenvalue weighted by Gasteiger charge is 2.12. The first-order chi connectivity index (χ1) is 9.07. The second-order valence-corrected chi connectivity index (χ2v) is 6.82. The Bertz CT molecular complexity index is 622. The number of thiophene rings is 1. The number of hydrogen-bond donors (Lipinski definition) is 2. The van der Waals surface area contributed by atoms with Gasteiger partial charge in [0.05, 0.1) is 5.75 Å². The molecule has 1 aromatic carbocycles. The molecular weight excluding hydrogens is 280 g/mol. The van der Waals surface area contributed by atoms with Crippen LogP contribution in [0.2, 0.25) is 0 Å². The lowest BCUT2D eigenvalue weighted by atomic mass is 10.2. The largest absolute Gasteiger partial charge is 0.398 e. The standard InChI is InChI=1S/C13H16N2O2S2/c14-13-4-2-1-3-12(13)10-19(16,17)15-7-5-11-6-8-18-9-11/h1-4,6,8-9,15H,5,7,10,14H2. The van der Waals surface area contributed by atoms with Gasteiger partial charge in [-0.25, -0.2) is 13.1 Å². The molecule has 6 heteroatoms. The normalized spacial score (nSPS) is 11.6. The zero-order valence-electron chi connectivity index (χ0n) is 10.4. The van der Waals surface area contributed by atoms with Crippen LogP contribution in [0.25, 0.3) is 0 Å². The van der Waals surface area contributed by atoms with Crippen LogP contribution in [0.5, 0.6) is 0 Å². The summed E-state index contributed by atoms with van der Waals surface area (Å²) in [5.74, 6) is -0.0800. The first kappa shape index (κ1) is 14.0. The Balaban J connectivity index is 1.90. The fraction of sp³-hybridized carbons (Fsp3) is 0.231. The maximum absolute atomic E-state index is 11.9. The first-order valence-electron chi connectivity index (χ1n) is 5.88. The molecule has 1 heterocycles. The fourth-order valence-corrected chi connectivity index (χ4v) is 3.60. The highest BCUT2D eigenvalue weighted by molar-refractivity contribution is 7.88. The Morgan fingerprint density at radius 2 is 2.00 bits per heavy atom. The summed E-state index contributed by atoms with van der Waals surface area (Å²) in [6.45, 7) is 0.409. The van der Waals surface area contributed by atoms with E-state index in [9.17, 15) is 8.42 Å². The molecule has 0 atom stereocenters. The maximum atomic E-state index is 11.9. The third-order valence-electron chi connectivity index (χ3n) is 2.72. The molecule has 0 fully saturated rings. The van der Waals surface area contributed by atoms with Crippen LogP contribution in [-0.4, -0.2) is 15.0 Å². The number of nitrogen functional groups attached to an aromatic ring is 1. The van der Waals surface area contributed by atoms with Gasteiger partial charge in [0.25, 0.3) is 0 Å². The summed E-state index contributed by atoms with van der Waals surface area (Å²) in [4.78, 5) is 0. The van der Waals surface area contributed by atoms with Crippen LogP contribution in [0.3, 0.4) is 0 Å². The Kier molecular flexibility index (Phi) is 4.57. The van der Waals surface area contributed by atoms with Crippen molar-refractivity contribution in [2.45, 2.75) is 12.2 Å². The van der Waals surface area contributed by atoms with E-state index in [2.05, 4.69) is 4.72 Å². The van der Waals surface area contributed by atoms with Crippen LogP contribution in [-0.2, 0) is 22.2 Å². The van der Waals surface area contributed by atoms with Crippen molar-refractivity contribution < 1.29 is 8.42 Å². The lowest BCUT2D eigenvalue weighted by molar-refractivity contribution is 0.581. The number of nitrogens with two attached hydrogens (primary N) is 1. The molecule has 0 aliphatic heterocycles. The topological polar surface area (TPSA) is 72.2 Å². The predicted octanol–water partition coefficient (Wildman–Crippen LogP) is 1.99. The van der Waals surface area contributed by atoms with E-state index in [0.717, 1.165) is 5.56 Å². The molecule has 0 saturated carbocycles. The SMILES string of the molecule is Nc1ccccc1CS(=O)(=O)NCCc1ccsc1. The van der Waals surface area contributed by atoms with Crippen LogP contribution in [0.15, 0.2) is 41.1 Å². The van der Waals surface area contributed by atoms with E-state index >= 15 is 0 Å². The number of nitrogens with one attached hydrogen (secondary N) is 1. The van der Waals surface area contributed by atoms with E-state index in [0.29, 0.717) is 24.2 Å². The Labute approximate surface area is 117 Å². The zero-order valence-corrected chi connectivity index (χ0v) is 12.0. The minimum Gasteiger partial charge on any atom is -0.398 e. The van der Waals surface area contributed by atoms with Crippen molar-refractivity contribution in [2.75, 3.05) is 12.3 Å². The van der Waals surface area contributed by atoms with Gasteiger partial charge in [-0.15, -0.1) is 0 Å². The minimum atomic E-state index is -3.34. The van der Waals surface area contributed by atoms with E-state index in [4.69, 9.17) is 5.73 Å². The highest BCUT2D eigenvalue weighted by atomic mass is 32.2. The molecule has 0 saturated heterocycles. The molecule has 1 aromatic heterocycles. The van der Waals surface area contributed by atoms with Gasteiger partial charge in [-0.2, -0.15) is 11.3 Å². The molecule has 0 amide bonds. The summed E-state index contributed by atoms with van der Waals surface area (Å²) in [5, 5.41) is 4.00. The Morgan fingerprint density at radius 1 is 1.21 bits per heavy atom. The van der Waals surface area contributed by atoms with Crippen molar-refractivity contribution in [3.63, 3.8) is 0 Å². The van der Waals surface area contributed by atoms with Crippen molar-refractivity contribution in [3.05, 3.63) is 52.2 Å². The van der Waals surface area contributed by atoms with Gasteiger partial charge in [-0.3, -0.25) is 0 Å². The third-order valence-corrected chi connectivity index (χ3v) is 4.78. The number of sulfonamides is 1. The van der Waals surface area contributed by atoms with Gasteiger partial charge in [0.1, 0.15) is 0 Å². The molecule has 102 valence electrons. The second kappa shape index (κ2) is 6.18. The van der Waals surface area contributed by atoms with E-state index in [1.807, 2.05) is 16.8 Å². The van der Waals surface area contributed by atoms with Crippen molar-refractivity contribution in [1.82, 2.24) is 4.72 Å². The number of benzene rings is 1. The quantitative estimate of drug-likeness (QED) is 0.801. The van der Waals surface area contributed by atoms with E-state index < -0.39 is 10.0 Å². The molecule has 3 N–H and O–H groups in total. The van der Waals surface area contributed by atoms with Crippen LogP contribution in [0, 0.1) is 0 Å². The number of rotatable bonds is 6. The summed E-state index contributed by atoms with van der Waals surface area (Å²) in [5.41, 5.74) is 8.02. The van der Waals surface area contributed by atoms with Crippen LogP contribution in [0.4, 0.5) is 5.69 Å². The van der Waals surface area contributed by atoms with Crippen molar-refractivity contribution >= 4 is 27.0 Å². The van der Waals surface area contributed by atoms with Crippen LogP contribution < -0.4 is 10.5 Å². The van der Waals surface area contributed by atoms with Crippen molar-refractivity contribution in [2.24, 2.45) is 0 Å². The number of para-hydroxylation sites is 1. The van der Waals surface area contributed by atoms with Gasteiger partial charge >= 0.3 is 0 Å². The molecule has 2 aromatic rings. The van der Waals surface area contributed by atoms with Gasteiger partial charge in [-0.05, 0) is 40.4 Å². The summed E-state index contributed by atoms with van der Waals surface area (Å²) < 4.78 is 26.4. The molecule has 0 radical (unpaired) electrons. The molecule has 2 rings (SSSR count). The monoisotopic (exact) mass is 296 g/mol. The summed E-state index contributed by atoms with van der Waals surface area (Å²) in [6.07, 6.45) is 0.701. The van der Waals surface area contributed by atoms with Gasteiger partial charge in [0.2, 0.25) is 10.0 Å². The Morgan fingerprint density at radius 3 is 2.68 bits per heavy atom. The second-order valence-electron chi connectivity index (χ2n) is 4.23.